The van der Waals surface area contributed by atoms with Gasteiger partial charge >= 0.3 is 0 Å². The molecule has 1 aromatic carbocycles. The van der Waals surface area contributed by atoms with Gasteiger partial charge in [0.25, 0.3) is 0 Å². The van der Waals surface area contributed by atoms with Crippen LogP contribution < -0.4 is 5.73 Å². The summed E-state index contributed by atoms with van der Waals surface area (Å²) >= 11 is 0. The van der Waals surface area contributed by atoms with Crippen LogP contribution in [0.4, 0.5) is 4.39 Å². The number of carbonyl (C=O) groups is 1. The number of hydrogen-bond acceptors (Lipinski definition) is 2. The second-order valence-electron chi connectivity index (χ2n) is 2.42. The van der Waals surface area contributed by atoms with Gasteiger partial charge in [-0.05, 0) is 11.6 Å². The van der Waals surface area contributed by atoms with E-state index in [9.17, 15) is 9.18 Å². The Labute approximate surface area is 68.6 Å². The fourth-order valence-corrected chi connectivity index (χ4v) is 0.867. The van der Waals surface area contributed by atoms with Crippen molar-refractivity contribution in [2.45, 2.75) is 6.42 Å². The number of phenolic OH excluding ortho intramolecular Hbond substituents is 1. The summed E-state index contributed by atoms with van der Waals surface area (Å²) in [7, 11) is 0. The largest absolute Gasteiger partial charge is 0.508 e. The van der Waals surface area contributed by atoms with E-state index in [1.165, 1.54) is 12.1 Å². The van der Waals surface area contributed by atoms with Crippen LogP contribution in [0, 0.1) is 5.82 Å². The van der Waals surface area contributed by atoms with E-state index in [-0.39, 0.29) is 17.7 Å². The van der Waals surface area contributed by atoms with Crippen LogP contribution in [0.15, 0.2) is 18.2 Å². The van der Waals surface area contributed by atoms with Gasteiger partial charge in [-0.2, -0.15) is 0 Å². The van der Waals surface area contributed by atoms with Crippen molar-refractivity contribution in [3.8, 4) is 5.75 Å². The van der Waals surface area contributed by atoms with Crippen molar-refractivity contribution in [3.05, 3.63) is 29.6 Å². The molecule has 0 saturated carbocycles. The van der Waals surface area contributed by atoms with Crippen molar-refractivity contribution in [2.75, 3.05) is 0 Å². The second kappa shape index (κ2) is 3.21. The molecule has 1 rings (SSSR count). The van der Waals surface area contributed by atoms with Crippen LogP contribution in [0.25, 0.3) is 0 Å². The molecule has 3 N–H and O–H groups in total. The molecular formula is C8H8FNO2. The highest BCUT2D eigenvalue weighted by Gasteiger charge is 2.05. The quantitative estimate of drug-likeness (QED) is 0.679. The molecule has 0 aliphatic carbocycles. The molecule has 0 heterocycles. The number of halogens is 1. The second-order valence-corrected chi connectivity index (χ2v) is 2.42. The molecule has 0 fully saturated rings. The topological polar surface area (TPSA) is 63.3 Å². The molecule has 0 radical (unpaired) electrons. The predicted molar refractivity (Wildman–Crippen MR) is 41.0 cm³/mol. The lowest BCUT2D eigenvalue weighted by molar-refractivity contribution is -0.117. The van der Waals surface area contributed by atoms with Crippen LogP contribution in [-0.4, -0.2) is 11.0 Å². The monoisotopic (exact) mass is 169 g/mol. The van der Waals surface area contributed by atoms with Gasteiger partial charge in [0.1, 0.15) is 11.6 Å². The SMILES string of the molecule is NC(=O)Cc1ccc(O)cc1F. The molecule has 0 aromatic heterocycles. The molecule has 0 unspecified atom stereocenters. The first-order valence-electron chi connectivity index (χ1n) is 3.35. The third-order valence-corrected chi connectivity index (χ3v) is 1.40. The van der Waals surface area contributed by atoms with Gasteiger partial charge < -0.3 is 10.8 Å². The molecule has 3 nitrogen and oxygen atoms in total. The molecule has 0 aliphatic heterocycles. The van der Waals surface area contributed by atoms with Crippen LogP contribution in [-0.2, 0) is 11.2 Å². The highest BCUT2D eigenvalue weighted by molar-refractivity contribution is 5.76. The van der Waals surface area contributed by atoms with E-state index in [0.717, 1.165) is 6.07 Å². The molecule has 0 bridgehead atoms. The lowest BCUT2D eigenvalue weighted by Crippen LogP contribution is -2.14. The maximum atomic E-state index is 12.8. The van der Waals surface area contributed by atoms with Crippen LogP contribution in [0.3, 0.4) is 0 Å². The molecule has 0 atom stereocenters. The minimum absolute atomic E-state index is 0.147. The zero-order valence-corrected chi connectivity index (χ0v) is 6.25. The molecule has 1 amide bonds. The predicted octanol–water partition coefficient (Wildman–Crippen LogP) is 0.559. The first-order chi connectivity index (χ1) is 5.59. The third-order valence-electron chi connectivity index (χ3n) is 1.40. The van der Waals surface area contributed by atoms with Gasteiger partial charge in [-0.3, -0.25) is 4.79 Å². The zero-order chi connectivity index (χ0) is 9.14. The van der Waals surface area contributed by atoms with Gasteiger partial charge in [0.2, 0.25) is 5.91 Å². The lowest BCUT2D eigenvalue weighted by Gasteiger charge is -1.99. The lowest BCUT2D eigenvalue weighted by atomic mass is 10.1. The third kappa shape index (κ3) is 1.95. The summed E-state index contributed by atoms with van der Waals surface area (Å²) in [6, 6.07) is 3.58. The Balaban J connectivity index is 2.93. The highest BCUT2D eigenvalue weighted by Crippen LogP contribution is 2.14. The number of nitrogens with two attached hydrogens (primary N) is 1. The summed E-state index contributed by atoms with van der Waals surface area (Å²) in [5, 5.41) is 8.82. The number of aromatic hydroxyl groups is 1. The first-order valence-corrected chi connectivity index (χ1v) is 3.35. The van der Waals surface area contributed by atoms with E-state index in [1.54, 1.807) is 0 Å². The number of primary amides is 1. The maximum Gasteiger partial charge on any atom is 0.221 e. The Morgan fingerprint density at radius 3 is 2.75 bits per heavy atom. The number of rotatable bonds is 2. The van der Waals surface area contributed by atoms with E-state index >= 15 is 0 Å². The molecular weight excluding hydrogens is 161 g/mol. The summed E-state index contributed by atoms with van der Waals surface area (Å²) in [5.74, 6) is -1.38. The normalized spacial score (nSPS) is 9.75. The van der Waals surface area contributed by atoms with Gasteiger partial charge in [-0.1, -0.05) is 6.07 Å². The van der Waals surface area contributed by atoms with Crippen molar-refractivity contribution in [1.29, 1.82) is 0 Å². The number of amides is 1. The van der Waals surface area contributed by atoms with Crippen molar-refractivity contribution < 1.29 is 14.3 Å². The first kappa shape index (κ1) is 8.52. The van der Waals surface area contributed by atoms with Gasteiger partial charge in [0.05, 0.1) is 6.42 Å². The summed E-state index contributed by atoms with van der Waals surface area (Å²) < 4.78 is 12.8. The fourth-order valence-electron chi connectivity index (χ4n) is 0.867. The average Bonchev–Trinajstić information content (AvgIpc) is 1.94. The van der Waals surface area contributed by atoms with Gasteiger partial charge in [0, 0.05) is 6.07 Å². The van der Waals surface area contributed by atoms with Crippen molar-refractivity contribution >= 4 is 5.91 Å². The molecule has 0 aliphatic rings. The fraction of sp³-hybridized carbons (Fsp3) is 0.125. The minimum atomic E-state index is -0.617. The van der Waals surface area contributed by atoms with Crippen molar-refractivity contribution in [1.82, 2.24) is 0 Å². The molecule has 4 heteroatoms. The van der Waals surface area contributed by atoms with Crippen LogP contribution in [0.2, 0.25) is 0 Å². The number of carbonyl (C=O) groups excluding carboxylic acids is 1. The molecule has 64 valence electrons. The van der Waals surface area contributed by atoms with Crippen molar-refractivity contribution in [2.24, 2.45) is 5.73 Å². The average molecular weight is 169 g/mol. The number of phenols is 1. The van der Waals surface area contributed by atoms with Gasteiger partial charge in [0.15, 0.2) is 0 Å². The number of hydrogen-bond donors (Lipinski definition) is 2. The molecule has 1 aromatic rings. The Hall–Kier alpha value is -1.58. The Kier molecular flexibility index (Phi) is 2.28. The highest BCUT2D eigenvalue weighted by atomic mass is 19.1. The molecule has 0 spiro atoms. The van der Waals surface area contributed by atoms with Crippen LogP contribution in [0.5, 0.6) is 5.75 Å². The van der Waals surface area contributed by atoms with Crippen molar-refractivity contribution in [3.63, 3.8) is 0 Å². The zero-order valence-electron chi connectivity index (χ0n) is 6.25. The summed E-state index contributed by atoms with van der Waals surface area (Å²) in [6.07, 6.45) is -0.147. The Morgan fingerprint density at radius 2 is 2.25 bits per heavy atom. The maximum absolute atomic E-state index is 12.8. The standard InChI is InChI=1S/C8H8FNO2/c9-7-4-6(11)2-1-5(7)3-8(10)12/h1-2,4,11H,3H2,(H2,10,12). The van der Waals surface area contributed by atoms with E-state index < -0.39 is 11.7 Å². The summed E-state index contributed by atoms with van der Waals surface area (Å²) in [5.41, 5.74) is 5.06. The summed E-state index contributed by atoms with van der Waals surface area (Å²) in [6.45, 7) is 0. The van der Waals surface area contributed by atoms with Gasteiger partial charge in [-0.15, -0.1) is 0 Å². The molecule has 0 saturated heterocycles. The van der Waals surface area contributed by atoms with E-state index in [0.29, 0.717) is 0 Å². The van der Waals surface area contributed by atoms with Gasteiger partial charge in [-0.25, -0.2) is 4.39 Å². The smallest absolute Gasteiger partial charge is 0.221 e. The van der Waals surface area contributed by atoms with E-state index in [4.69, 9.17) is 10.8 Å². The van der Waals surface area contributed by atoms with Crippen LogP contribution >= 0.6 is 0 Å². The Morgan fingerprint density at radius 1 is 1.58 bits per heavy atom. The van der Waals surface area contributed by atoms with Crippen LogP contribution in [0.1, 0.15) is 5.56 Å². The number of benzene rings is 1. The van der Waals surface area contributed by atoms with E-state index in [2.05, 4.69) is 0 Å². The minimum Gasteiger partial charge on any atom is -0.508 e. The Bertz CT molecular complexity index is 312. The summed E-state index contributed by atoms with van der Waals surface area (Å²) in [4.78, 5) is 10.4. The molecule has 12 heavy (non-hydrogen) atoms. The van der Waals surface area contributed by atoms with E-state index in [1.807, 2.05) is 0 Å².